The number of nitrogens with zero attached hydrogens (tertiary/aromatic N) is 3. The molecule has 2 aromatic rings. The Bertz CT molecular complexity index is 839. The summed E-state index contributed by atoms with van der Waals surface area (Å²) in [5, 5.41) is 11.5. The van der Waals surface area contributed by atoms with Crippen molar-refractivity contribution in [2.45, 2.75) is 39.0 Å². The van der Waals surface area contributed by atoms with E-state index in [1.54, 1.807) is 19.2 Å². The Morgan fingerprint density at radius 1 is 1.32 bits per heavy atom. The van der Waals surface area contributed by atoms with Gasteiger partial charge >= 0.3 is 0 Å². The van der Waals surface area contributed by atoms with Crippen LogP contribution in [-0.2, 0) is 11.3 Å². The van der Waals surface area contributed by atoms with E-state index in [9.17, 15) is 0 Å². The van der Waals surface area contributed by atoms with Crippen LogP contribution in [0.1, 0.15) is 26.2 Å². The van der Waals surface area contributed by atoms with Gasteiger partial charge in [0, 0.05) is 41.6 Å². The molecule has 152 valence electrons. The average molecular weight is 518 g/mol. The van der Waals surface area contributed by atoms with Crippen LogP contribution in [-0.4, -0.2) is 41.9 Å². The number of fused-ring (bicyclic) bond motifs is 1. The molecule has 0 radical (unpaired) electrons. The van der Waals surface area contributed by atoms with Gasteiger partial charge in [-0.05, 0) is 30.7 Å². The summed E-state index contributed by atoms with van der Waals surface area (Å²) in [6.07, 6.45) is 1.43. The van der Waals surface area contributed by atoms with Crippen LogP contribution in [0.2, 0.25) is 5.02 Å². The van der Waals surface area contributed by atoms with Gasteiger partial charge in [-0.3, -0.25) is 4.99 Å². The lowest BCUT2D eigenvalue weighted by Crippen LogP contribution is -2.67. The minimum Gasteiger partial charge on any atom is -0.377 e. The Kier molecular flexibility index (Phi) is 6.51. The Labute approximate surface area is 186 Å². The van der Waals surface area contributed by atoms with Gasteiger partial charge in [0.15, 0.2) is 5.96 Å². The minimum absolute atomic E-state index is 0. The predicted molar refractivity (Wildman–Crippen MR) is 119 cm³/mol. The van der Waals surface area contributed by atoms with E-state index in [4.69, 9.17) is 20.9 Å². The van der Waals surface area contributed by atoms with Crippen LogP contribution in [0.4, 0.5) is 0 Å². The predicted octanol–water partition coefficient (Wildman–Crippen LogP) is 3.49. The lowest BCUT2D eigenvalue weighted by molar-refractivity contribution is -0.106. The first-order chi connectivity index (χ1) is 13.0. The van der Waals surface area contributed by atoms with E-state index in [1.165, 1.54) is 0 Å². The van der Waals surface area contributed by atoms with Crippen molar-refractivity contribution in [3.63, 3.8) is 0 Å². The van der Waals surface area contributed by atoms with E-state index < -0.39 is 0 Å². The first-order valence-electron chi connectivity index (χ1n) is 9.16. The molecule has 0 bridgehead atoms. The molecule has 1 aromatic heterocycles. The van der Waals surface area contributed by atoms with Crippen LogP contribution in [0.25, 0.3) is 11.4 Å². The van der Waals surface area contributed by atoms with Crippen molar-refractivity contribution in [1.82, 2.24) is 20.8 Å². The number of rotatable bonds is 4. The first-order valence-corrected chi connectivity index (χ1v) is 9.54. The summed E-state index contributed by atoms with van der Waals surface area (Å²) in [4.78, 5) is 8.75. The highest BCUT2D eigenvalue weighted by molar-refractivity contribution is 14.0. The normalized spacial score (nSPS) is 25.4. The Morgan fingerprint density at radius 3 is 2.79 bits per heavy atom. The number of ether oxygens (including phenoxy) is 1. The van der Waals surface area contributed by atoms with Gasteiger partial charge in [-0.1, -0.05) is 30.6 Å². The fourth-order valence-corrected chi connectivity index (χ4v) is 4.29. The van der Waals surface area contributed by atoms with Crippen molar-refractivity contribution in [3.05, 3.63) is 35.2 Å². The molecule has 1 saturated carbocycles. The van der Waals surface area contributed by atoms with Crippen molar-refractivity contribution in [2.75, 3.05) is 13.7 Å². The largest absolute Gasteiger partial charge is 0.377 e. The second kappa shape index (κ2) is 8.54. The van der Waals surface area contributed by atoms with E-state index in [0.29, 0.717) is 41.3 Å². The highest BCUT2D eigenvalue weighted by Gasteiger charge is 2.59. The van der Waals surface area contributed by atoms with Gasteiger partial charge in [0.05, 0.1) is 12.6 Å². The van der Waals surface area contributed by atoms with E-state index in [0.717, 1.165) is 24.6 Å². The van der Waals surface area contributed by atoms with Crippen LogP contribution < -0.4 is 10.6 Å². The molecular formula is C19H25ClIN5O2. The molecule has 2 N–H and O–H groups in total. The molecule has 9 heteroatoms. The minimum atomic E-state index is 0. The summed E-state index contributed by atoms with van der Waals surface area (Å²) in [5.41, 5.74) is 0.950. The molecule has 7 nitrogen and oxygen atoms in total. The van der Waals surface area contributed by atoms with Crippen molar-refractivity contribution in [1.29, 1.82) is 0 Å². The van der Waals surface area contributed by atoms with Crippen LogP contribution in [0.3, 0.4) is 0 Å². The molecule has 0 spiro atoms. The van der Waals surface area contributed by atoms with Crippen LogP contribution in [0, 0.1) is 11.3 Å². The molecular weight excluding hydrogens is 493 g/mol. The fourth-order valence-electron chi connectivity index (χ4n) is 4.16. The van der Waals surface area contributed by atoms with Crippen molar-refractivity contribution < 1.29 is 9.26 Å². The number of hydrogen-bond donors (Lipinski definition) is 2. The number of halogens is 2. The molecule has 2 heterocycles. The third-order valence-electron chi connectivity index (χ3n) is 5.59. The third-order valence-corrected chi connectivity index (χ3v) is 5.85. The lowest BCUT2D eigenvalue weighted by Gasteiger charge is -2.54. The van der Waals surface area contributed by atoms with Gasteiger partial charge in [0.2, 0.25) is 11.7 Å². The van der Waals surface area contributed by atoms with Crippen LogP contribution >= 0.6 is 35.6 Å². The topological polar surface area (TPSA) is 84.6 Å². The Balaban J connectivity index is 0.00000225. The van der Waals surface area contributed by atoms with Gasteiger partial charge in [-0.2, -0.15) is 4.98 Å². The van der Waals surface area contributed by atoms with Gasteiger partial charge in [-0.15, -0.1) is 24.0 Å². The fraction of sp³-hybridized carbons (Fsp3) is 0.526. The maximum Gasteiger partial charge on any atom is 0.246 e. The maximum absolute atomic E-state index is 5.91. The second-order valence-corrected chi connectivity index (χ2v) is 8.07. The van der Waals surface area contributed by atoms with Crippen LogP contribution in [0.15, 0.2) is 33.8 Å². The quantitative estimate of drug-likeness (QED) is 0.367. The van der Waals surface area contributed by atoms with E-state index in [2.05, 4.69) is 39.6 Å². The zero-order valence-electron chi connectivity index (χ0n) is 16.1. The number of aliphatic imine (C=N–C) groups is 1. The Morgan fingerprint density at radius 2 is 2.07 bits per heavy atom. The van der Waals surface area contributed by atoms with Crippen molar-refractivity contribution in [2.24, 2.45) is 16.3 Å². The smallest absolute Gasteiger partial charge is 0.246 e. The van der Waals surface area contributed by atoms with Crippen LogP contribution in [0.5, 0.6) is 0 Å². The molecule has 3 atom stereocenters. The van der Waals surface area contributed by atoms with Gasteiger partial charge in [-0.25, -0.2) is 0 Å². The van der Waals surface area contributed by atoms with Crippen molar-refractivity contribution in [3.8, 4) is 11.4 Å². The molecule has 1 saturated heterocycles. The number of hydrogen-bond acceptors (Lipinski definition) is 5. The van der Waals surface area contributed by atoms with E-state index in [-0.39, 0.29) is 29.4 Å². The molecule has 0 amide bonds. The number of nitrogens with one attached hydrogen (secondary N) is 2. The summed E-state index contributed by atoms with van der Waals surface area (Å²) < 4.78 is 11.2. The Hall–Kier alpha value is -1.39. The SMILES string of the molecule is CN=C(NCc1nc(-c2ccc(Cl)cc2)no1)NC1C2CCOC2C1(C)C.I. The standard InChI is InChI=1S/C19H24ClN5O2.HI/c1-19(2)15(13-8-9-26-16(13)19)24-18(21-3)22-10-14-23-17(25-27-14)11-4-6-12(20)7-5-11;/h4-7,13,15-16H,8-10H2,1-3H3,(H2,21,22,24);1H. The maximum atomic E-state index is 5.91. The highest BCUT2D eigenvalue weighted by atomic mass is 127. The van der Waals surface area contributed by atoms with Gasteiger partial charge in [0.25, 0.3) is 0 Å². The van der Waals surface area contributed by atoms with Gasteiger partial charge in [0.1, 0.15) is 0 Å². The first kappa shape index (κ1) is 21.3. The van der Waals surface area contributed by atoms with Crippen molar-refractivity contribution >= 4 is 41.5 Å². The average Bonchev–Trinajstić information content (AvgIpc) is 3.31. The zero-order chi connectivity index (χ0) is 19.0. The zero-order valence-corrected chi connectivity index (χ0v) is 19.2. The monoisotopic (exact) mass is 517 g/mol. The molecule has 2 fully saturated rings. The van der Waals surface area contributed by atoms with Gasteiger partial charge < -0.3 is 19.9 Å². The lowest BCUT2D eigenvalue weighted by atomic mass is 9.57. The highest BCUT2D eigenvalue weighted by Crippen LogP contribution is 2.52. The summed E-state index contributed by atoms with van der Waals surface area (Å²) in [5.74, 6) is 2.30. The number of benzene rings is 1. The third kappa shape index (κ3) is 3.99. The van der Waals surface area contributed by atoms with E-state index >= 15 is 0 Å². The summed E-state index contributed by atoms with van der Waals surface area (Å²) in [6, 6.07) is 7.67. The summed E-state index contributed by atoms with van der Waals surface area (Å²) >= 11 is 5.91. The molecule has 2 aliphatic rings. The molecule has 3 unspecified atom stereocenters. The number of guanidine groups is 1. The summed E-state index contributed by atoms with van der Waals surface area (Å²) in [6.45, 7) is 5.72. The molecule has 1 aliphatic carbocycles. The summed E-state index contributed by atoms with van der Waals surface area (Å²) in [7, 11) is 1.76. The molecule has 4 rings (SSSR count). The number of aromatic nitrogens is 2. The van der Waals surface area contributed by atoms with E-state index in [1.807, 2.05) is 12.1 Å². The molecule has 1 aliphatic heterocycles. The molecule has 1 aromatic carbocycles. The second-order valence-electron chi connectivity index (χ2n) is 7.63. The molecule has 28 heavy (non-hydrogen) atoms.